The normalized spacial score (nSPS) is 19.8. The van der Waals surface area contributed by atoms with Gasteiger partial charge in [-0.2, -0.15) is 0 Å². The van der Waals surface area contributed by atoms with E-state index < -0.39 is 0 Å². The fourth-order valence-electron chi connectivity index (χ4n) is 3.41. The monoisotopic (exact) mass is 371 g/mol. The number of hydrogen-bond donors (Lipinski definition) is 2. The molecule has 9 nitrogen and oxygen atoms in total. The lowest BCUT2D eigenvalue weighted by Crippen LogP contribution is -2.42. The Morgan fingerprint density at radius 2 is 1.93 bits per heavy atom. The van der Waals surface area contributed by atoms with Gasteiger partial charge in [0, 0.05) is 37.7 Å². The highest BCUT2D eigenvalue weighted by Crippen LogP contribution is 2.24. The molecule has 1 aliphatic rings. The van der Waals surface area contributed by atoms with Crippen molar-refractivity contribution in [2.75, 3.05) is 20.6 Å². The molecule has 144 valence electrons. The van der Waals surface area contributed by atoms with Gasteiger partial charge in [-0.3, -0.25) is 14.5 Å². The molecule has 0 saturated carbocycles. The number of likely N-dealkylation sites (tertiary alicyclic amines) is 1. The van der Waals surface area contributed by atoms with E-state index in [4.69, 9.17) is 0 Å². The third-order valence-corrected chi connectivity index (χ3v) is 5.14. The van der Waals surface area contributed by atoms with Gasteiger partial charge < -0.3 is 10.6 Å². The van der Waals surface area contributed by atoms with E-state index in [1.807, 2.05) is 31.3 Å². The van der Waals surface area contributed by atoms with Gasteiger partial charge in [0.2, 0.25) is 5.91 Å². The number of tetrazole rings is 1. The molecule has 27 heavy (non-hydrogen) atoms. The number of likely N-dealkylation sites (N-methyl/N-ethyl adjacent to an activating group) is 1. The van der Waals surface area contributed by atoms with Crippen LogP contribution in [-0.4, -0.2) is 69.6 Å². The molecule has 1 aliphatic heterocycles. The predicted octanol–water partition coefficient (Wildman–Crippen LogP) is 0.0501. The first-order chi connectivity index (χ1) is 13.1. The van der Waals surface area contributed by atoms with E-state index in [-0.39, 0.29) is 23.9 Å². The largest absolute Gasteiger partial charge is 0.359 e. The van der Waals surface area contributed by atoms with Crippen molar-refractivity contribution < 1.29 is 9.59 Å². The van der Waals surface area contributed by atoms with Gasteiger partial charge in [-0.15, -0.1) is 5.10 Å². The Hall–Kier alpha value is -2.81. The fourth-order valence-corrected chi connectivity index (χ4v) is 3.41. The average molecular weight is 371 g/mol. The van der Waals surface area contributed by atoms with E-state index in [0.717, 1.165) is 18.4 Å². The summed E-state index contributed by atoms with van der Waals surface area (Å²) in [5.74, 6) is -0.0366. The van der Waals surface area contributed by atoms with Crippen molar-refractivity contribution in [3.05, 3.63) is 41.7 Å². The second-order valence-electron chi connectivity index (χ2n) is 6.84. The first kappa shape index (κ1) is 19.0. The van der Waals surface area contributed by atoms with Crippen LogP contribution in [0.4, 0.5) is 0 Å². The molecule has 0 aliphatic carbocycles. The Labute approximate surface area is 158 Å². The zero-order valence-electron chi connectivity index (χ0n) is 15.6. The van der Waals surface area contributed by atoms with E-state index in [2.05, 4.69) is 31.1 Å². The number of hydrogen-bond acceptors (Lipinski definition) is 6. The van der Waals surface area contributed by atoms with Crippen LogP contribution >= 0.6 is 0 Å². The Morgan fingerprint density at radius 3 is 2.59 bits per heavy atom. The highest BCUT2D eigenvalue weighted by atomic mass is 16.2. The molecule has 0 bridgehead atoms. The molecule has 1 saturated heterocycles. The minimum Gasteiger partial charge on any atom is -0.359 e. The van der Waals surface area contributed by atoms with E-state index in [9.17, 15) is 9.59 Å². The van der Waals surface area contributed by atoms with Crippen LogP contribution in [0.2, 0.25) is 0 Å². The molecular formula is C18H25N7O2. The SMILES string of the molecule is CNC(=O)C[C@H]1CC[C@@H](CNC(=O)c2ccc(Cn3cnnn3)cc2)N1C. The number of aromatic nitrogens is 4. The van der Waals surface area contributed by atoms with Crippen LogP contribution in [0, 0.1) is 0 Å². The minimum atomic E-state index is -0.0906. The van der Waals surface area contributed by atoms with Crippen LogP contribution in [-0.2, 0) is 11.3 Å². The first-order valence-corrected chi connectivity index (χ1v) is 9.07. The van der Waals surface area contributed by atoms with Crippen molar-refractivity contribution in [2.45, 2.75) is 37.9 Å². The van der Waals surface area contributed by atoms with E-state index in [1.165, 1.54) is 0 Å². The van der Waals surface area contributed by atoms with Crippen LogP contribution in [0.1, 0.15) is 35.2 Å². The number of rotatable bonds is 7. The lowest BCUT2D eigenvalue weighted by Gasteiger charge is -2.25. The molecular weight excluding hydrogens is 346 g/mol. The number of amides is 2. The summed E-state index contributed by atoms with van der Waals surface area (Å²) < 4.78 is 1.63. The van der Waals surface area contributed by atoms with Gasteiger partial charge in [0.1, 0.15) is 6.33 Å². The van der Waals surface area contributed by atoms with Crippen LogP contribution in [0.5, 0.6) is 0 Å². The Kier molecular flexibility index (Phi) is 6.12. The second-order valence-corrected chi connectivity index (χ2v) is 6.84. The Bertz CT molecular complexity index is 761. The maximum absolute atomic E-state index is 12.4. The third kappa shape index (κ3) is 4.88. The molecule has 0 radical (unpaired) electrons. The van der Waals surface area contributed by atoms with Crippen molar-refractivity contribution in [1.29, 1.82) is 0 Å². The van der Waals surface area contributed by atoms with Crippen molar-refractivity contribution in [3.63, 3.8) is 0 Å². The zero-order chi connectivity index (χ0) is 19.2. The summed E-state index contributed by atoms with van der Waals surface area (Å²) in [6, 6.07) is 7.90. The summed E-state index contributed by atoms with van der Waals surface area (Å²) in [5.41, 5.74) is 1.64. The van der Waals surface area contributed by atoms with E-state index in [1.54, 1.807) is 18.1 Å². The van der Waals surface area contributed by atoms with Gasteiger partial charge in [-0.1, -0.05) is 12.1 Å². The lowest BCUT2D eigenvalue weighted by molar-refractivity contribution is -0.121. The lowest BCUT2D eigenvalue weighted by atomic mass is 10.1. The van der Waals surface area contributed by atoms with Gasteiger partial charge in [-0.05, 0) is 48.0 Å². The van der Waals surface area contributed by atoms with Crippen LogP contribution in [0.25, 0.3) is 0 Å². The second kappa shape index (κ2) is 8.72. The number of nitrogens with zero attached hydrogens (tertiary/aromatic N) is 5. The van der Waals surface area contributed by atoms with Gasteiger partial charge in [0.05, 0.1) is 6.54 Å². The van der Waals surface area contributed by atoms with Crippen LogP contribution < -0.4 is 10.6 Å². The van der Waals surface area contributed by atoms with E-state index >= 15 is 0 Å². The number of benzene rings is 1. The molecule has 1 fully saturated rings. The van der Waals surface area contributed by atoms with Crippen molar-refractivity contribution in [1.82, 2.24) is 35.7 Å². The summed E-state index contributed by atoms with van der Waals surface area (Å²) in [4.78, 5) is 26.2. The molecule has 2 atom stereocenters. The quantitative estimate of drug-likeness (QED) is 0.713. The molecule has 0 unspecified atom stereocenters. The highest BCUT2D eigenvalue weighted by molar-refractivity contribution is 5.94. The molecule has 2 aromatic rings. The van der Waals surface area contributed by atoms with Gasteiger partial charge in [-0.25, -0.2) is 4.68 Å². The summed E-state index contributed by atoms with van der Waals surface area (Å²) in [6.45, 7) is 1.14. The highest BCUT2D eigenvalue weighted by Gasteiger charge is 2.31. The van der Waals surface area contributed by atoms with Gasteiger partial charge in [0.15, 0.2) is 0 Å². The molecule has 9 heteroatoms. The molecule has 2 heterocycles. The average Bonchev–Trinajstić information content (AvgIpc) is 3.31. The summed E-state index contributed by atoms with van der Waals surface area (Å²) in [5, 5.41) is 16.7. The number of carbonyl (C=O) groups excluding carboxylic acids is 2. The zero-order valence-corrected chi connectivity index (χ0v) is 15.6. The minimum absolute atomic E-state index is 0.0540. The summed E-state index contributed by atoms with van der Waals surface area (Å²) >= 11 is 0. The molecule has 1 aromatic heterocycles. The maximum Gasteiger partial charge on any atom is 0.251 e. The topological polar surface area (TPSA) is 105 Å². The fraction of sp³-hybridized carbons (Fsp3) is 0.500. The maximum atomic E-state index is 12.4. The third-order valence-electron chi connectivity index (χ3n) is 5.14. The van der Waals surface area contributed by atoms with Gasteiger partial charge in [0.25, 0.3) is 5.91 Å². The number of carbonyl (C=O) groups is 2. The molecule has 3 rings (SSSR count). The van der Waals surface area contributed by atoms with Crippen LogP contribution in [0.15, 0.2) is 30.6 Å². The molecule has 2 amide bonds. The van der Waals surface area contributed by atoms with Crippen molar-refractivity contribution >= 4 is 11.8 Å². The Morgan fingerprint density at radius 1 is 1.19 bits per heavy atom. The van der Waals surface area contributed by atoms with Crippen molar-refractivity contribution in [2.24, 2.45) is 0 Å². The van der Waals surface area contributed by atoms with Crippen LogP contribution in [0.3, 0.4) is 0 Å². The predicted molar refractivity (Wildman–Crippen MR) is 99.0 cm³/mol. The first-order valence-electron chi connectivity index (χ1n) is 9.07. The number of nitrogens with one attached hydrogen (secondary N) is 2. The van der Waals surface area contributed by atoms with Gasteiger partial charge >= 0.3 is 0 Å². The van der Waals surface area contributed by atoms with Crippen molar-refractivity contribution in [3.8, 4) is 0 Å². The molecule has 2 N–H and O–H groups in total. The van der Waals surface area contributed by atoms with E-state index in [0.29, 0.717) is 25.1 Å². The smallest absolute Gasteiger partial charge is 0.251 e. The standard InChI is InChI=1S/C18H25N7O2/c1-19-17(26)9-15-7-8-16(24(15)2)10-20-18(27)14-5-3-13(4-6-14)11-25-12-21-22-23-25/h3-6,12,15-16H,7-11H2,1-2H3,(H,19,26)(H,20,27)/t15-,16+/m1/s1. The Balaban J connectivity index is 1.48. The summed E-state index contributed by atoms with van der Waals surface area (Å²) in [7, 11) is 3.67. The molecule has 1 aromatic carbocycles. The molecule has 0 spiro atoms. The summed E-state index contributed by atoms with van der Waals surface area (Å²) in [6.07, 6.45) is 4.00.